The summed E-state index contributed by atoms with van der Waals surface area (Å²) in [5.41, 5.74) is 5.80. The molecule has 7 rings (SSSR count). The molecule has 0 bridgehead atoms. The van der Waals surface area contributed by atoms with Gasteiger partial charge in [-0.3, -0.25) is 0 Å². The first-order chi connectivity index (χ1) is 16.7. The van der Waals surface area contributed by atoms with E-state index in [1.807, 2.05) is 18.7 Å². The van der Waals surface area contributed by atoms with Crippen LogP contribution in [0.1, 0.15) is 37.7 Å². The van der Waals surface area contributed by atoms with Gasteiger partial charge in [-0.1, -0.05) is 68.1 Å². The Kier molecular flexibility index (Phi) is 4.36. The molecule has 1 aliphatic heterocycles. The number of rotatable bonds is 1. The largest absolute Gasteiger partial charge is 0.451 e. The summed E-state index contributed by atoms with van der Waals surface area (Å²) in [5, 5.41) is 8.01. The molecule has 0 saturated carbocycles. The fourth-order valence-corrected chi connectivity index (χ4v) is 8.63. The number of thiophene rings is 1. The lowest BCUT2D eigenvalue weighted by Crippen LogP contribution is -2.32. The Hall–Kier alpha value is -2.82. The lowest BCUT2D eigenvalue weighted by molar-refractivity contribution is -0.659. The lowest BCUT2D eigenvalue weighted by atomic mass is 9.83. The molecule has 0 amide bonds. The van der Waals surface area contributed by atoms with Crippen LogP contribution in [0.15, 0.2) is 62.9 Å². The highest BCUT2D eigenvalue weighted by molar-refractivity contribution is 8.00. The summed E-state index contributed by atoms with van der Waals surface area (Å²) in [6, 6.07) is 15.8. The predicted molar refractivity (Wildman–Crippen MR) is 150 cm³/mol. The fourth-order valence-electron chi connectivity index (χ4n) is 5.89. The zero-order valence-corrected chi connectivity index (χ0v) is 22.6. The van der Waals surface area contributed by atoms with Gasteiger partial charge in [0.2, 0.25) is 5.69 Å². The van der Waals surface area contributed by atoms with Crippen LogP contribution >= 0.6 is 23.1 Å². The first-order valence-electron chi connectivity index (χ1n) is 12.2. The van der Waals surface area contributed by atoms with Crippen LogP contribution in [0, 0.1) is 19.3 Å². The molecule has 3 aromatic heterocycles. The number of hydrogen-bond donors (Lipinski definition) is 0. The first kappa shape index (κ1) is 21.5. The van der Waals surface area contributed by atoms with Crippen molar-refractivity contribution in [1.82, 2.24) is 0 Å². The van der Waals surface area contributed by atoms with E-state index < -0.39 is 0 Å². The quantitative estimate of drug-likeness (QED) is 0.212. The van der Waals surface area contributed by atoms with Gasteiger partial charge in [-0.15, -0.1) is 0 Å². The van der Waals surface area contributed by atoms with Gasteiger partial charge in [0.25, 0.3) is 0 Å². The monoisotopic (exact) mass is 494 g/mol. The molecule has 2 nitrogen and oxygen atoms in total. The van der Waals surface area contributed by atoms with E-state index in [0.29, 0.717) is 0 Å². The number of fused-ring (bicyclic) bond motifs is 7. The molecule has 6 aromatic rings. The Bertz CT molecular complexity index is 1860. The normalized spacial score (nSPS) is 13.4. The Labute approximate surface area is 213 Å². The maximum atomic E-state index is 6.09. The molecule has 4 heteroatoms. The number of pyridine rings is 1. The van der Waals surface area contributed by atoms with E-state index in [4.69, 9.17) is 4.42 Å². The van der Waals surface area contributed by atoms with Crippen LogP contribution in [0.5, 0.6) is 0 Å². The number of aromatic nitrogens is 1. The van der Waals surface area contributed by atoms with E-state index >= 15 is 0 Å². The molecule has 4 heterocycles. The van der Waals surface area contributed by atoms with Crippen molar-refractivity contribution in [3.63, 3.8) is 0 Å². The number of nitrogens with zero attached hydrogens (tertiary/aromatic N) is 1. The van der Waals surface area contributed by atoms with E-state index in [1.165, 1.54) is 69.2 Å². The summed E-state index contributed by atoms with van der Waals surface area (Å²) in [5.74, 6) is 0.981. The van der Waals surface area contributed by atoms with E-state index in [2.05, 4.69) is 88.0 Å². The second kappa shape index (κ2) is 7.11. The smallest absolute Gasteiger partial charge is 0.222 e. The van der Waals surface area contributed by atoms with Crippen molar-refractivity contribution >= 4 is 65.0 Å². The highest BCUT2D eigenvalue weighted by atomic mass is 32.2. The maximum Gasteiger partial charge on any atom is 0.222 e. The Morgan fingerprint density at radius 1 is 0.914 bits per heavy atom. The molecule has 0 saturated heterocycles. The second-order valence-electron chi connectivity index (χ2n) is 11.2. The Morgan fingerprint density at radius 2 is 1.69 bits per heavy atom. The van der Waals surface area contributed by atoms with E-state index in [1.54, 1.807) is 11.3 Å². The SMILES string of the molecule is Cc1cc2c(o1)sc1c3c4c([n+](C)ccc4cc12)-c1c(c(CC(C)(C)C)c2ccccc2c1C)S3. The summed E-state index contributed by atoms with van der Waals surface area (Å²) in [6.07, 6.45) is 3.27. The average Bonchev–Trinajstić information content (AvgIpc) is 3.34. The molecular weight excluding hydrogens is 466 g/mol. The first-order valence-corrected chi connectivity index (χ1v) is 13.8. The predicted octanol–water partition coefficient (Wildman–Crippen LogP) is 9.12. The second-order valence-corrected chi connectivity index (χ2v) is 13.2. The summed E-state index contributed by atoms with van der Waals surface area (Å²) < 4.78 is 9.77. The van der Waals surface area contributed by atoms with Crippen molar-refractivity contribution in [3.8, 4) is 11.3 Å². The van der Waals surface area contributed by atoms with E-state index in [9.17, 15) is 0 Å². The number of benzene rings is 3. The highest BCUT2D eigenvalue weighted by Crippen LogP contribution is 2.56. The standard InChI is InChI=1S/C31H28NOS2/c1-16-13-22-21-14-18-11-12-32(6)26-24-17(2)19-9-7-8-10-20(19)23(15-31(3,4)5)27(24)34-29(25(18)26)28(21)35-30(22)33-16/h7-14H,15H2,1-6H3/q+1. The molecule has 0 aliphatic carbocycles. The topological polar surface area (TPSA) is 17.0 Å². The molecule has 0 radical (unpaired) electrons. The van der Waals surface area contributed by atoms with Crippen molar-refractivity contribution in [2.75, 3.05) is 0 Å². The van der Waals surface area contributed by atoms with Gasteiger partial charge in [-0.05, 0) is 65.1 Å². The molecule has 0 unspecified atom stereocenters. The molecule has 0 N–H and O–H groups in total. The minimum absolute atomic E-state index is 0.188. The third kappa shape index (κ3) is 2.99. The molecule has 0 atom stereocenters. The van der Waals surface area contributed by atoms with Crippen LogP contribution in [0.25, 0.3) is 53.2 Å². The third-order valence-electron chi connectivity index (χ3n) is 7.32. The van der Waals surface area contributed by atoms with Crippen LogP contribution < -0.4 is 4.57 Å². The van der Waals surface area contributed by atoms with Gasteiger partial charge in [-0.25, -0.2) is 4.57 Å². The van der Waals surface area contributed by atoms with Crippen molar-refractivity contribution in [2.45, 2.75) is 50.8 Å². The van der Waals surface area contributed by atoms with Gasteiger partial charge in [0.05, 0.1) is 15.6 Å². The zero-order valence-electron chi connectivity index (χ0n) is 21.0. The molecule has 174 valence electrons. The molecule has 35 heavy (non-hydrogen) atoms. The van der Waals surface area contributed by atoms with Crippen LogP contribution in [-0.4, -0.2) is 0 Å². The van der Waals surface area contributed by atoms with Gasteiger partial charge >= 0.3 is 0 Å². The van der Waals surface area contributed by atoms with E-state index in [-0.39, 0.29) is 5.41 Å². The fraction of sp³-hybridized carbons (Fsp3) is 0.258. The van der Waals surface area contributed by atoms with Gasteiger partial charge in [0, 0.05) is 26.6 Å². The van der Waals surface area contributed by atoms with Gasteiger partial charge in [0.1, 0.15) is 12.8 Å². The van der Waals surface area contributed by atoms with Crippen LogP contribution in [0.4, 0.5) is 0 Å². The summed E-state index contributed by atoms with van der Waals surface area (Å²) in [4.78, 5) is 3.85. The van der Waals surface area contributed by atoms with Crippen molar-refractivity contribution in [2.24, 2.45) is 12.5 Å². The minimum atomic E-state index is 0.188. The number of hydrogen-bond acceptors (Lipinski definition) is 3. The van der Waals surface area contributed by atoms with Crippen LogP contribution in [-0.2, 0) is 13.5 Å². The lowest BCUT2D eigenvalue weighted by Gasteiger charge is -2.28. The average molecular weight is 495 g/mol. The molecule has 3 aromatic carbocycles. The summed E-state index contributed by atoms with van der Waals surface area (Å²) >= 11 is 3.79. The summed E-state index contributed by atoms with van der Waals surface area (Å²) in [6.45, 7) is 11.4. The molecule has 1 aliphatic rings. The summed E-state index contributed by atoms with van der Waals surface area (Å²) in [7, 11) is 2.20. The molecule has 0 spiro atoms. The van der Waals surface area contributed by atoms with Gasteiger partial charge in [-0.2, -0.15) is 0 Å². The third-order valence-corrected chi connectivity index (χ3v) is 9.83. The van der Waals surface area contributed by atoms with E-state index in [0.717, 1.165) is 17.1 Å². The van der Waals surface area contributed by atoms with Crippen molar-refractivity contribution in [3.05, 3.63) is 65.5 Å². The van der Waals surface area contributed by atoms with Crippen molar-refractivity contribution < 1.29 is 8.98 Å². The Morgan fingerprint density at radius 3 is 2.46 bits per heavy atom. The highest BCUT2D eigenvalue weighted by Gasteiger charge is 2.34. The van der Waals surface area contributed by atoms with Crippen molar-refractivity contribution in [1.29, 1.82) is 0 Å². The molecule has 0 fully saturated rings. The van der Waals surface area contributed by atoms with Gasteiger partial charge in [0.15, 0.2) is 11.1 Å². The Balaban J connectivity index is 1.68. The minimum Gasteiger partial charge on any atom is -0.451 e. The van der Waals surface area contributed by atoms with Crippen LogP contribution in [0.2, 0.25) is 0 Å². The molecular formula is C31H28NOS2+. The van der Waals surface area contributed by atoms with Gasteiger partial charge < -0.3 is 4.42 Å². The number of furan rings is 1. The number of aryl methyl sites for hydroxylation is 3. The maximum absolute atomic E-state index is 6.09. The zero-order chi connectivity index (χ0) is 24.2. The van der Waals surface area contributed by atoms with Crippen LogP contribution in [0.3, 0.4) is 0 Å².